The van der Waals surface area contributed by atoms with Gasteiger partial charge in [0.15, 0.2) is 5.82 Å². The third-order valence-corrected chi connectivity index (χ3v) is 2.88. The highest BCUT2D eigenvalue weighted by Crippen LogP contribution is 2.27. The topological polar surface area (TPSA) is 61.8 Å². The Labute approximate surface area is 107 Å². The summed E-state index contributed by atoms with van der Waals surface area (Å²) >= 11 is 0. The van der Waals surface area contributed by atoms with E-state index in [-0.39, 0.29) is 0 Å². The first-order valence-corrected chi connectivity index (χ1v) is 6.19. The Morgan fingerprint density at radius 3 is 2.39 bits per heavy atom. The van der Waals surface area contributed by atoms with Crippen LogP contribution in [-0.4, -0.2) is 20.3 Å². The van der Waals surface area contributed by atoms with Gasteiger partial charge in [-0.3, -0.25) is 5.10 Å². The van der Waals surface area contributed by atoms with Crippen molar-refractivity contribution in [2.24, 2.45) is 5.92 Å². The number of hydrogen-bond donors (Lipinski definition) is 2. The van der Waals surface area contributed by atoms with Crippen molar-refractivity contribution in [2.45, 2.75) is 34.1 Å². The fourth-order valence-electron chi connectivity index (χ4n) is 1.99. The Balaban J connectivity index is 2.34. The molecule has 0 aliphatic carbocycles. The Hall–Kier alpha value is -1.84. The van der Waals surface area contributed by atoms with Crippen LogP contribution in [0.2, 0.25) is 0 Å². The maximum Gasteiger partial charge on any atom is 0.181 e. The van der Waals surface area contributed by atoms with Crippen LogP contribution in [0.15, 0.2) is 12.1 Å². The van der Waals surface area contributed by atoms with Crippen LogP contribution in [0.1, 0.15) is 30.8 Å². The standard InChI is InChI=1S/C14H19N3O/c1-8(2)5-12-15-14(17-16-12)11-6-9(3)13(18)10(4)7-11/h6-8,18H,5H2,1-4H3,(H,15,16,17). The van der Waals surface area contributed by atoms with Gasteiger partial charge in [-0.1, -0.05) is 13.8 Å². The summed E-state index contributed by atoms with van der Waals surface area (Å²) in [4.78, 5) is 4.48. The number of benzene rings is 1. The van der Waals surface area contributed by atoms with E-state index in [0.717, 1.165) is 28.9 Å². The maximum atomic E-state index is 9.75. The van der Waals surface area contributed by atoms with Gasteiger partial charge in [-0.05, 0) is 43.0 Å². The number of phenols is 1. The molecule has 2 aromatic rings. The van der Waals surface area contributed by atoms with Crippen LogP contribution >= 0.6 is 0 Å². The van der Waals surface area contributed by atoms with E-state index in [1.807, 2.05) is 26.0 Å². The third-order valence-electron chi connectivity index (χ3n) is 2.88. The molecular formula is C14H19N3O. The molecule has 2 N–H and O–H groups in total. The molecule has 4 heteroatoms. The summed E-state index contributed by atoms with van der Waals surface area (Å²) in [5.74, 6) is 2.49. The molecule has 0 spiro atoms. The number of aromatic nitrogens is 3. The van der Waals surface area contributed by atoms with Crippen molar-refractivity contribution in [3.8, 4) is 17.1 Å². The Bertz CT molecular complexity index is 535. The summed E-state index contributed by atoms with van der Waals surface area (Å²) < 4.78 is 0. The van der Waals surface area contributed by atoms with Gasteiger partial charge in [0, 0.05) is 12.0 Å². The molecule has 0 unspecified atom stereocenters. The predicted octanol–water partition coefficient (Wildman–Crippen LogP) is 2.99. The summed E-state index contributed by atoms with van der Waals surface area (Å²) in [6, 6.07) is 3.81. The fraction of sp³-hybridized carbons (Fsp3) is 0.429. The largest absolute Gasteiger partial charge is 0.507 e. The summed E-state index contributed by atoms with van der Waals surface area (Å²) in [7, 11) is 0. The number of nitrogens with zero attached hydrogens (tertiary/aromatic N) is 2. The second-order valence-electron chi connectivity index (χ2n) is 5.16. The van der Waals surface area contributed by atoms with Crippen molar-refractivity contribution >= 4 is 0 Å². The van der Waals surface area contributed by atoms with E-state index < -0.39 is 0 Å². The molecule has 0 fully saturated rings. The lowest BCUT2D eigenvalue weighted by molar-refractivity contribution is 0.467. The first-order chi connectivity index (χ1) is 8.47. The third kappa shape index (κ3) is 2.53. The Kier molecular flexibility index (Phi) is 3.36. The lowest BCUT2D eigenvalue weighted by atomic mass is 10.1. The summed E-state index contributed by atoms with van der Waals surface area (Å²) in [5, 5.41) is 17.0. The smallest absolute Gasteiger partial charge is 0.181 e. The zero-order valence-corrected chi connectivity index (χ0v) is 11.3. The minimum absolute atomic E-state index is 0.344. The number of aryl methyl sites for hydroxylation is 2. The van der Waals surface area contributed by atoms with E-state index in [9.17, 15) is 5.11 Å². The predicted molar refractivity (Wildman–Crippen MR) is 71.5 cm³/mol. The van der Waals surface area contributed by atoms with E-state index in [0.29, 0.717) is 17.5 Å². The van der Waals surface area contributed by atoms with Crippen molar-refractivity contribution < 1.29 is 5.11 Å². The van der Waals surface area contributed by atoms with E-state index in [1.54, 1.807) is 0 Å². The van der Waals surface area contributed by atoms with Crippen molar-refractivity contribution in [3.05, 3.63) is 29.1 Å². The van der Waals surface area contributed by atoms with Gasteiger partial charge < -0.3 is 5.11 Å². The molecule has 2 rings (SSSR count). The molecule has 0 aliphatic rings. The zero-order valence-electron chi connectivity index (χ0n) is 11.3. The average Bonchev–Trinajstić information content (AvgIpc) is 2.72. The van der Waals surface area contributed by atoms with Crippen LogP contribution < -0.4 is 0 Å². The fourth-order valence-corrected chi connectivity index (χ4v) is 1.99. The molecule has 1 aromatic carbocycles. The van der Waals surface area contributed by atoms with Gasteiger partial charge in [0.25, 0.3) is 0 Å². The van der Waals surface area contributed by atoms with Crippen LogP contribution in [-0.2, 0) is 6.42 Å². The van der Waals surface area contributed by atoms with Gasteiger partial charge in [-0.15, -0.1) is 0 Å². The van der Waals surface area contributed by atoms with Crippen LogP contribution in [0, 0.1) is 19.8 Å². The van der Waals surface area contributed by atoms with E-state index in [4.69, 9.17) is 0 Å². The Morgan fingerprint density at radius 2 is 1.83 bits per heavy atom. The summed E-state index contributed by atoms with van der Waals surface area (Å²) in [6.07, 6.45) is 0.892. The van der Waals surface area contributed by atoms with Crippen LogP contribution in [0.5, 0.6) is 5.75 Å². The highest BCUT2D eigenvalue weighted by molar-refractivity contribution is 5.60. The summed E-state index contributed by atoms with van der Waals surface area (Å²) in [5.41, 5.74) is 2.63. The quantitative estimate of drug-likeness (QED) is 0.873. The van der Waals surface area contributed by atoms with Gasteiger partial charge in [0.2, 0.25) is 0 Å². The van der Waals surface area contributed by atoms with Crippen molar-refractivity contribution in [1.82, 2.24) is 15.2 Å². The van der Waals surface area contributed by atoms with Crippen molar-refractivity contribution in [3.63, 3.8) is 0 Å². The average molecular weight is 245 g/mol. The molecule has 0 saturated carbocycles. The van der Waals surface area contributed by atoms with Crippen molar-refractivity contribution in [2.75, 3.05) is 0 Å². The molecule has 0 amide bonds. The number of hydrogen-bond acceptors (Lipinski definition) is 3. The normalized spacial score (nSPS) is 11.2. The molecule has 1 heterocycles. The van der Waals surface area contributed by atoms with Gasteiger partial charge in [-0.2, -0.15) is 5.10 Å². The lowest BCUT2D eigenvalue weighted by Gasteiger charge is -2.05. The molecule has 18 heavy (non-hydrogen) atoms. The molecule has 0 radical (unpaired) electrons. The molecule has 96 valence electrons. The first-order valence-electron chi connectivity index (χ1n) is 6.19. The molecule has 0 atom stereocenters. The van der Waals surface area contributed by atoms with Gasteiger partial charge in [0.1, 0.15) is 11.6 Å². The molecule has 4 nitrogen and oxygen atoms in total. The minimum Gasteiger partial charge on any atom is -0.507 e. The highest BCUT2D eigenvalue weighted by Gasteiger charge is 2.10. The van der Waals surface area contributed by atoms with E-state index in [1.165, 1.54) is 0 Å². The van der Waals surface area contributed by atoms with Crippen LogP contribution in [0.3, 0.4) is 0 Å². The van der Waals surface area contributed by atoms with Crippen molar-refractivity contribution in [1.29, 1.82) is 0 Å². The summed E-state index contributed by atoms with van der Waals surface area (Å²) in [6.45, 7) is 8.06. The van der Waals surface area contributed by atoms with Gasteiger partial charge in [0.05, 0.1) is 0 Å². The maximum absolute atomic E-state index is 9.75. The molecule has 0 saturated heterocycles. The molecular weight excluding hydrogens is 226 g/mol. The monoisotopic (exact) mass is 245 g/mol. The van der Waals surface area contributed by atoms with Gasteiger partial charge >= 0.3 is 0 Å². The number of aromatic amines is 1. The number of H-pyrrole nitrogens is 1. The van der Waals surface area contributed by atoms with Gasteiger partial charge in [-0.25, -0.2) is 4.98 Å². The zero-order chi connectivity index (χ0) is 13.3. The molecule has 1 aromatic heterocycles. The SMILES string of the molecule is Cc1cc(-c2n[nH]c(CC(C)C)n2)cc(C)c1O. The molecule has 0 bridgehead atoms. The number of aromatic hydroxyl groups is 1. The minimum atomic E-state index is 0.344. The van der Waals surface area contributed by atoms with E-state index in [2.05, 4.69) is 29.0 Å². The highest BCUT2D eigenvalue weighted by atomic mass is 16.3. The van der Waals surface area contributed by atoms with E-state index >= 15 is 0 Å². The second-order valence-corrected chi connectivity index (χ2v) is 5.16. The number of nitrogens with one attached hydrogen (secondary N) is 1. The van der Waals surface area contributed by atoms with Crippen LogP contribution in [0.4, 0.5) is 0 Å². The lowest BCUT2D eigenvalue weighted by Crippen LogP contribution is -1.96. The molecule has 0 aliphatic heterocycles. The van der Waals surface area contributed by atoms with Crippen LogP contribution in [0.25, 0.3) is 11.4 Å². The second kappa shape index (κ2) is 4.80. The Morgan fingerprint density at radius 1 is 1.22 bits per heavy atom. The first kappa shape index (κ1) is 12.6. The number of rotatable bonds is 3. The number of phenolic OH excluding ortho intramolecular Hbond substituents is 1.